The lowest BCUT2D eigenvalue weighted by Crippen LogP contribution is -1.87. The molecule has 0 spiro atoms. The molecule has 0 aliphatic carbocycles. The molecule has 3 aromatic rings. The monoisotopic (exact) mass is 215 g/mol. The van der Waals surface area contributed by atoms with E-state index in [4.69, 9.17) is 10.2 Å². The van der Waals surface area contributed by atoms with Crippen LogP contribution in [0.3, 0.4) is 0 Å². The standard InChI is InChI=1S/C10H9N5O/c1-5-2-3-7-9(13-5)14-10(16-7)6-4-12-15-8(6)11/h2-4H,1H3,(H3,11,12,15). The Bertz CT molecular complexity index is 654. The Morgan fingerprint density at radius 2 is 2.19 bits per heavy atom. The largest absolute Gasteiger partial charge is 0.434 e. The van der Waals surface area contributed by atoms with Crippen LogP contribution in [0, 0.1) is 6.92 Å². The fourth-order valence-electron chi connectivity index (χ4n) is 1.49. The van der Waals surface area contributed by atoms with Crippen molar-refractivity contribution in [2.75, 3.05) is 5.73 Å². The predicted octanol–water partition coefficient (Wildman–Crippen LogP) is 1.50. The molecule has 0 fully saturated rings. The van der Waals surface area contributed by atoms with Gasteiger partial charge < -0.3 is 10.2 Å². The summed E-state index contributed by atoms with van der Waals surface area (Å²) in [6, 6.07) is 3.71. The second-order valence-corrected chi connectivity index (χ2v) is 3.49. The number of H-pyrrole nitrogens is 1. The average Bonchev–Trinajstić information content (AvgIpc) is 2.82. The van der Waals surface area contributed by atoms with Crippen LogP contribution >= 0.6 is 0 Å². The van der Waals surface area contributed by atoms with Gasteiger partial charge in [0.15, 0.2) is 11.2 Å². The summed E-state index contributed by atoms with van der Waals surface area (Å²) in [5, 5.41) is 6.45. The van der Waals surface area contributed by atoms with E-state index in [1.807, 2.05) is 19.1 Å². The minimum Gasteiger partial charge on any atom is -0.434 e. The molecule has 0 aromatic carbocycles. The zero-order valence-corrected chi connectivity index (χ0v) is 8.56. The van der Waals surface area contributed by atoms with Gasteiger partial charge in [-0.25, -0.2) is 4.98 Å². The molecule has 6 nitrogen and oxygen atoms in total. The maximum Gasteiger partial charge on any atom is 0.234 e. The second kappa shape index (κ2) is 3.06. The van der Waals surface area contributed by atoms with E-state index in [2.05, 4.69) is 20.2 Å². The molecular weight excluding hydrogens is 206 g/mol. The highest BCUT2D eigenvalue weighted by Crippen LogP contribution is 2.26. The first-order chi connectivity index (χ1) is 7.74. The van der Waals surface area contributed by atoms with Gasteiger partial charge in [-0.05, 0) is 19.1 Å². The molecular formula is C10H9N5O. The molecule has 3 N–H and O–H groups in total. The fourth-order valence-corrected chi connectivity index (χ4v) is 1.49. The minimum atomic E-state index is 0.430. The summed E-state index contributed by atoms with van der Waals surface area (Å²) >= 11 is 0. The Labute approximate surface area is 90.5 Å². The Kier molecular flexibility index (Phi) is 1.70. The third-order valence-corrected chi connectivity index (χ3v) is 2.29. The van der Waals surface area contributed by atoms with Gasteiger partial charge in [-0.2, -0.15) is 10.1 Å². The van der Waals surface area contributed by atoms with Crippen LogP contribution in [0.1, 0.15) is 5.69 Å². The lowest BCUT2D eigenvalue weighted by Gasteiger charge is -1.88. The first-order valence-corrected chi connectivity index (χ1v) is 4.77. The molecule has 0 aliphatic rings. The first kappa shape index (κ1) is 8.90. The number of nitrogen functional groups attached to an aromatic ring is 1. The van der Waals surface area contributed by atoms with Crippen LogP contribution in [0.4, 0.5) is 5.82 Å². The van der Waals surface area contributed by atoms with Gasteiger partial charge in [0, 0.05) is 5.69 Å². The molecule has 80 valence electrons. The van der Waals surface area contributed by atoms with Gasteiger partial charge in [0.05, 0.1) is 11.8 Å². The van der Waals surface area contributed by atoms with Gasteiger partial charge >= 0.3 is 0 Å². The van der Waals surface area contributed by atoms with Crippen molar-refractivity contribution in [1.82, 2.24) is 20.2 Å². The maximum atomic E-state index is 5.69. The number of anilines is 1. The summed E-state index contributed by atoms with van der Waals surface area (Å²) in [6.07, 6.45) is 1.58. The molecule has 0 aliphatic heterocycles. The molecule has 16 heavy (non-hydrogen) atoms. The summed E-state index contributed by atoms with van der Waals surface area (Å²) < 4.78 is 5.53. The number of nitrogens with two attached hydrogens (primary N) is 1. The number of nitrogens with zero attached hydrogens (tertiary/aromatic N) is 3. The van der Waals surface area contributed by atoms with Crippen LogP contribution in [0.2, 0.25) is 0 Å². The number of rotatable bonds is 1. The van der Waals surface area contributed by atoms with Gasteiger partial charge in [-0.3, -0.25) is 5.10 Å². The van der Waals surface area contributed by atoms with Crippen molar-refractivity contribution >= 4 is 17.0 Å². The topological polar surface area (TPSA) is 93.6 Å². The lowest BCUT2D eigenvalue weighted by atomic mass is 10.3. The normalized spacial score (nSPS) is 11.1. The van der Waals surface area contributed by atoms with E-state index in [1.54, 1.807) is 6.20 Å². The predicted molar refractivity (Wildman–Crippen MR) is 58.5 cm³/mol. The van der Waals surface area contributed by atoms with Gasteiger partial charge in [0.2, 0.25) is 5.89 Å². The molecule has 3 heterocycles. The molecule has 3 aromatic heterocycles. The van der Waals surface area contributed by atoms with E-state index in [0.717, 1.165) is 5.69 Å². The number of hydrogen-bond acceptors (Lipinski definition) is 5. The number of aromatic nitrogens is 4. The highest BCUT2D eigenvalue weighted by atomic mass is 16.3. The molecule has 0 atom stereocenters. The highest BCUT2D eigenvalue weighted by molar-refractivity contribution is 5.75. The Morgan fingerprint density at radius 3 is 2.94 bits per heavy atom. The SMILES string of the molecule is Cc1ccc2oc(-c3cn[nH]c3N)nc2n1. The first-order valence-electron chi connectivity index (χ1n) is 4.77. The fraction of sp³-hybridized carbons (Fsp3) is 0.100. The molecule has 0 saturated carbocycles. The highest BCUT2D eigenvalue weighted by Gasteiger charge is 2.13. The molecule has 3 rings (SSSR count). The van der Waals surface area contributed by atoms with Gasteiger partial charge in [-0.1, -0.05) is 0 Å². The summed E-state index contributed by atoms with van der Waals surface area (Å²) in [7, 11) is 0. The Morgan fingerprint density at radius 1 is 1.31 bits per heavy atom. The minimum absolute atomic E-state index is 0.430. The zero-order chi connectivity index (χ0) is 11.1. The smallest absolute Gasteiger partial charge is 0.234 e. The van der Waals surface area contributed by atoms with E-state index in [9.17, 15) is 0 Å². The van der Waals surface area contributed by atoms with Gasteiger partial charge in [0.25, 0.3) is 0 Å². The maximum absolute atomic E-state index is 5.69. The third-order valence-electron chi connectivity index (χ3n) is 2.29. The second-order valence-electron chi connectivity index (χ2n) is 3.49. The molecule has 0 bridgehead atoms. The zero-order valence-electron chi connectivity index (χ0n) is 8.56. The van der Waals surface area contributed by atoms with Crippen molar-refractivity contribution in [1.29, 1.82) is 0 Å². The van der Waals surface area contributed by atoms with Crippen molar-refractivity contribution < 1.29 is 4.42 Å². The molecule has 6 heteroatoms. The molecule has 0 saturated heterocycles. The average molecular weight is 215 g/mol. The van der Waals surface area contributed by atoms with Crippen LogP contribution in [0.25, 0.3) is 22.7 Å². The number of aromatic amines is 1. The van der Waals surface area contributed by atoms with Crippen LogP contribution in [-0.4, -0.2) is 20.2 Å². The quantitative estimate of drug-likeness (QED) is 0.641. The summed E-state index contributed by atoms with van der Waals surface area (Å²) in [6.45, 7) is 1.90. The van der Waals surface area contributed by atoms with E-state index in [-0.39, 0.29) is 0 Å². The number of nitrogens with one attached hydrogen (secondary N) is 1. The van der Waals surface area contributed by atoms with E-state index >= 15 is 0 Å². The summed E-state index contributed by atoms with van der Waals surface area (Å²) in [5.41, 5.74) is 8.45. The number of aryl methyl sites for hydroxylation is 1. The molecule has 0 amide bonds. The number of fused-ring (bicyclic) bond motifs is 1. The van der Waals surface area contributed by atoms with Crippen molar-refractivity contribution in [2.24, 2.45) is 0 Å². The van der Waals surface area contributed by atoms with Crippen molar-refractivity contribution in [3.8, 4) is 11.5 Å². The summed E-state index contributed by atoms with van der Waals surface area (Å²) in [5.74, 6) is 0.864. The van der Waals surface area contributed by atoms with Crippen molar-refractivity contribution in [3.63, 3.8) is 0 Å². The van der Waals surface area contributed by atoms with E-state index < -0.39 is 0 Å². The van der Waals surface area contributed by atoms with Gasteiger partial charge in [0.1, 0.15) is 5.82 Å². The Hall–Kier alpha value is -2.37. The van der Waals surface area contributed by atoms with Crippen molar-refractivity contribution in [2.45, 2.75) is 6.92 Å². The van der Waals surface area contributed by atoms with Crippen LogP contribution in [-0.2, 0) is 0 Å². The Balaban J connectivity index is 2.23. The van der Waals surface area contributed by atoms with E-state index in [1.165, 1.54) is 0 Å². The third kappa shape index (κ3) is 1.23. The number of hydrogen-bond donors (Lipinski definition) is 2. The molecule has 0 unspecified atom stereocenters. The van der Waals surface area contributed by atoms with Crippen LogP contribution in [0.5, 0.6) is 0 Å². The van der Waals surface area contributed by atoms with Gasteiger partial charge in [-0.15, -0.1) is 0 Å². The van der Waals surface area contributed by atoms with E-state index in [0.29, 0.717) is 28.5 Å². The lowest BCUT2D eigenvalue weighted by molar-refractivity contribution is 0.620. The van der Waals surface area contributed by atoms with Crippen molar-refractivity contribution in [3.05, 3.63) is 24.0 Å². The summed E-state index contributed by atoms with van der Waals surface area (Å²) in [4.78, 5) is 8.52. The van der Waals surface area contributed by atoms with Crippen LogP contribution in [0.15, 0.2) is 22.7 Å². The van der Waals surface area contributed by atoms with Crippen LogP contribution < -0.4 is 5.73 Å². The number of pyridine rings is 1. The molecule has 0 radical (unpaired) electrons. The number of oxazole rings is 1.